The van der Waals surface area contributed by atoms with Crippen molar-refractivity contribution in [1.29, 1.82) is 0 Å². The van der Waals surface area contributed by atoms with Crippen LogP contribution in [-0.2, 0) is 0 Å². The van der Waals surface area contributed by atoms with Crippen LogP contribution in [0.15, 0.2) is 24.3 Å². The van der Waals surface area contributed by atoms with Crippen molar-refractivity contribution in [2.45, 2.75) is 78.7 Å². The van der Waals surface area contributed by atoms with Gasteiger partial charge in [0.15, 0.2) is 0 Å². The van der Waals surface area contributed by atoms with Gasteiger partial charge in [-0.05, 0) is 31.2 Å². The Labute approximate surface area is 120 Å². The number of rotatable bonds is 6. The van der Waals surface area contributed by atoms with Gasteiger partial charge in [0, 0.05) is 0 Å². The van der Waals surface area contributed by atoms with E-state index in [2.05, 4.69) is 52.0 Å². The molecule has 0 radical (unpaired) electrons. The zero-order chi connectivity index (χ0) is 14.7. The average molecular weight is 264 g/mol. The SMILES string of the molecule is CCCCCC(O)CC.Cc1ccc(C(C)C)cc1. The fourth-order valence-electron chi connectivity index (χ4n) is 1.79. The van der Waals surface area contributed by atoms with Crippen molar-refractivity contribution >= 4 is 0 Å². The normalized spacial score (nSPS) is 11.9. The van der Waals surface area contributed by atoms with E-state index in [9.17, 15) is 0 Å². The fraction of sp³-hybridized carbons (Fsp3) is 0.667. The summed E-state index contributed by atoms with van der Waals surface area (Å²) in [4.78, 5) is 0. The van der Waals surface area contributed by atoms with E-state index < -0.39 is 0 Å². The van der Waals surface area contributed by atoms with Gasteiger partial charge in [0.1, 0.15) is 0 Å². The molecule has 110 valence electrons. The number of hydrogen-bond donors (Lipinski definition) is 1. The Morgan fingerprint density at radius 3 is 2.00 bits per heavy atom. The molecule has 0 bridgehead atoms. The van der Waals surface area contributed by atoms with Crippen molar-refractivity contribution in [3.63, 3.8) is 0 Å². The van der Waals surface area contributed by atoms with E-state index in [1.807, 2.05) is 6.92 Å². The molecule has 0 spiro atoms. The lowest BCUT2D eigenvalue weighted by Gasteiger charge is -2.04. The first-order valence-corrected chi connectivity index (χ1v) is 7.75. The van der Waals surface area contributed by atoms with Crippen molar-refractivity contribution in [3.8, 4) is 0 Å². The number of aliphatic hydroxyl groups excluding tert-OH is 1. The van der Waals surface area contributed by atoms with Crippen LogP contribution < -0.4 is 0 Å². The largest absolute Gasteiger partial charge is 0.393 e. The molecule has 0 aliphatic heterocycles. The third-order valence-electron chi connectivity index (χ3n) is 3.36. The van der Waals surface area contributed by atoms with Gasteiger partial charge >= 0.3 is 0 Å². The van der Waals surface area contributed by atoms with Crippen LogP contribution >= 0.6 is 0 Å². The summed E-state index contributed by atoms with van der Waals surface area (Å²) in [6.07, 6.45) is 5.55. The molecule has 1 unspecified atom stereocenters. The van der Waals surface area contributed by atoms with Gasteiger partial charge in [-0.15, -0.1) is 0 Å². The van der Waals surface area contributed by atoms with Crippen LogP contribution in [0.5, 0.6) is 0 Å². The number of aryl methyl sites for hydroxylation is 1. The third kappa shape index (κ3) is 9.72. The summed E-state index contributed by atoms with van der Waals surface area (Å²) in [5.74, 6) is 0.653. The summed E-state index contributed by atoms with van der Waals surface area (Å²) in [5, 5.41) is 9.08. The van der Waals surface area contributed by atoms with Gasteiger partial charge in [-0.2, -0.15) is 0 Å². The highest BCUT2D eigenvalue weighted by molar-refractivity contribution is 5.23. The lowest BCUT2D eigenvalue weighted by molar-refractivity contribution is 0.156. The molecule has 0 saturated carbocycles. The average Bonchev–Trinajstić information content (AvgIpc) is 2.40. The Kier molecular flexibility index (Phi) is 10.6. The first-order valence-electron chi connectivity index (χ1n) is 7.75. The molecule has 1 aromatic rings. The second-order valence-electron chi connectivity index (χ2n) is 5.62. The molecule has 1 nitrogen and oxygen atoms in total. The molecule has 1 N–H and O–H groups in total. The number of aliphatic hydroxyl groups is 1. The highest BCUT2D eigenvalue weighted by atomic mass is 16.3. The molecule has 0 amide bonds. The molecule has 0 heterocycles. The van der Waals surface area contributed by atoms with Gasteiger partial charge in [-0.3, -0.25) is 0 Å². The quantitative estimate of drug-likeness (QED) is 0.677. The molecule has 0 saturated heterocycles. The van der Waals surface area contributed by atoms with E-state index in [4.69, 9.17) is 5.11 Å². The maximum absolute atomic E-state index is 9.08. The molecule has 0 aliphatic rings. The third-order valence-corrected chi connectivity index (χ3v) is 3.36. The maximum atomic E-state index is 9.08. The van der Waals surface area contributed by atoms with Gasteiger partial charge in [0.25, 0.3) is 0 Å². The lowest BCUT2D eigenvalue weighted by atomic mass is 10.0. The highest BCUT2D eigenvalue weighted by Gasteiger charge is 1.97. The van der Waals surface area contributed by atoms with Crippen molar-refractivity contribution < 1.29 is 5.11 Å². The van der Waals surface area contributed by atoms with Gasteiger partial charge in [0.2, 0.25) is 0 Å². The van der Waals surface area contributed by atoms with Crippen LogP contribution in [0, 0.1) is 6.92 Å². The Morgan fingerprint density at radius 1 is 1.00 bits per heavy atom. The van der Waals surface area contributed by atoms with Crippen LogP contribution in [-0.4, -0.2) is 11.2 Å². The molecule has 1 atom stereocenters. The Hall–Kier alpha value is -0.820. The molecule has 0 aliphatic carbocycles. The standard InChI is InChI=1S/C10H14.C8H18O/c1-8(2)10-6-4-9(3)5-7-10;1-3-5-6-7-8(9)4-2/h4-8H,1-3H3;8-9H,3-7H2,1-2H3. The van der Waals surface area contributed by atoms with Crippen molar-refractivity contribution in [2.75, 3.05) is 0 Å². The van der Waals surface area contributed by atoms with Crippen LogP contribution in [0.3, 0.4) is 0 Å². The Morgan fingerprint density at radius 2 is 1.58 bits per heavy atom. The zero-order valence-electron chi connectivity index (χ0n) is 13.4. The van der Waals surface area contributed by atoms with E-state index in [0.29, 0.717) is 5.92 Å². The predicted octanol–water partition coefficient (Wildman–Crippen LogP) is 5.46. The summed E-state index contributed by atoms with van der Waals surface area (Å²) in [6.45, 7) is 10.7. The Bertz CT molecular complexity index is 300. The summed E-state index contributed by atoms with van der Waals surface area (Å²) in [7, 11) is 0. The Balaban J connectivity index is 0.000000344. The van der Waals surface area contributed by atoms with Crippen molar-refractivity contribution in [3.05, 3.63) is 35.4 Å². The molecule has 1 heteroatoms. The summed E-state index contributed by atoms with van der Waals surface area (Å²) in [5.41, 5.74) is 2.76. The smallest absolute Gasteiger partial charge is 0.0537 e. The molecular formula is C18H32O. The van der Waals surface area contributed by atoms with Gasteiger partial charge in [0.05, 0.1) is 6.10 Å². The number of benzene rings is 1. The molecule has 19 heavy (non-hydrogen) atoms. The van der Waals surface area contributed by atoms with Crippen molar-refractivity contribution in [2.24, 2.45) is 0 Å². The van der Waals surface area contributed by atoms with Gasteiger partial charge in [-0.25, -0.2) is 0 Å². The number of unbranched alkanes of at least 4 members (excludes halogenated alkanes) is 2. The second-order valence-corrected chi connectivity index (χ2v) is 5.62. The topological polar surface area (TPSA) is 20.2 Å². The summed E-state index contributed by atoms with van der Waals surface area (Å²) >= 11 is 0. The minimum absolute atomic E-state index is 0.0449. The summed E-state index contributed by atoms with van der Waals surface area (Å²) in [6, 6.07) is 8.71. The van der Waals surface area contributed by atoms with E-state index >= 15 is 0 Å². The molecular weight excluding hydrogens is 232 g/mol. The van der Waals surface area contributed by atoms with Gasteiger partial charge < -0.3 is 5.11 Å². The summed E-state index contributed by atoms with van der Waals surface area (Å²) < 4.78 is 0. The van der Waals surface area contributed by atoms with Crippen LogP contribution in [0.25, 0.3) is 0 Å². The highest BCUT2D eigenvalue weighted by Crippen LogP contribution is 2.13. The maximum Gasteiger partial charge on any atom is 0.0537 e. The zero-order valence-corrected chi connectivity index (χ0v) is 13.4. The predicted molar refractivity (Wildman–Crippen MR) is 85.7 cm³/mol. The number of hydrogen-bond acceptors (Lipinski definition) is 1. The first-order chi connectivity index (χ1) is 9.01. The fourth-order valence-corrected chi connectivity index (χ4v) is 1.79. The monoisotopic (exact) mass is 264 g/mol. The van der Waals surface area contributed by atoms with Crippen LogP contribution in [0.1, 0.15) is 76.8 Å². The molecule has 0 aromatic heterocycles. The molecule has 0 fully saturated rings. The van der Waals surface area contributed by atoms with Gasteiger partial charge in [-0.1, -0.05) is 76.8 Å². The van der Waals surface area contributed by atoms with Crippen LogP contribution in [0.4, 0.5) is 0 Å². The van der Waals surface area contributed by atoms with E-state index in [-0.39, 0.29) is 6.10 Å². The van der Waals surface area contributed by atoms with Crippen LogP contribution in [0.2, 0.25) is 0 Å². The molecule has 1 aromatic carbocycles. The minimum Gasteiger partial charge on any atom is -0.393 e. The molecule has 1 rings (SSSR count). The lowest BCUT2D eigenvalue weighted by Crippen LogP contribution is -2.02. The van der Waals surface area contributed by atoms with E-state index in [1.54, 1.807) is 0 Å². The second kappa shape index (κ2) is 11.0. The van der Waals surface area contributed by atoms with Crippen molar-refractivity contribution in [1.82, 2.24) is 0 Å². The van der Waals surface area contributed by atoms with E-state index in [1.165, 1.54) is 30.4 Å². The first kappa shape index (κ1) is 18.2. The van der Waals surface area contributed by atoms with E-state index in [0.717, 1.165) is 12.8 Å². The minimum atomic E-state index is -0.0449.